The molecule has 0 saturated heterocycles. The zero-order valence-corrected chi connectivity index (χ0v) is 12.4. The fourth-order valence-electron chi connectivity index (χ4n) is 2.10. The van der Waals surface area contributed by atoms with Crippen molar-refractivity contribution in [1.29, 1.82) is 0 Å². The van der Waals surface area contributed by atoms with Gasteiger partial charge in [-0.05, 0) is 33.8 Å². The van der Waals surface area contributed by atoms with Crippen molar-refractivity contribution in [3.05, 3.63) is 23.0 Å². The molecule has 1 rings (SSSR count). The highest BCUT2D eigenvalue weighted by molar-refractivity contribution is 5.81. The third-order valence-electron chi connectivity index (χ3n) is 2.88. The number of nitrogens with two attached hydrogens (primary N) is 1. The van der Waals surface area contributed by atoms with E-state index in [2.05, 4.69) is 10.3 Å². The van der Waals surface area contributed by atoms with E-state index in [4.69, 9.17) is 5.73 Å². The lowest BCUT2D eigenvalue weighted by Crippen LogP contribution is -2.39. The van der Waals surface area contributed by atoms with Gasteiger partial charge in [0, 0.05) is 42.3 Å². The van der Waals surface area contributed by atoms with Crippen LogP contribution in [0.5, 0.6) is 0 Å². The summed E-state index contributed by atoms with van der Waals surface area (Å²) >= 11 is 0. The zero-order chi connectivity index (χ0) is 14.6. The van der Waals surface area contributed by atoms with Crippen molar-refractivity contribution < 1.29 is 4.79 Å². The van der Waals surface area contributed by atoms with Gasteiger partial charge in [-0.3, -0.25) is 9.78 Å². The summed E-state index contributed by atoms with van der Waals surface area (Å²) in [7, 11) is 1.90. The summed E-state index contributed by atoms with van der Waals surface area (Å²) in [5, 5.41) is 2.88. The number of carbonyl (C=O) groups excluding carboxylic acids is 1. The number of amides is 1. The van der Waals surface area contributed by atoms with E-state index in [0.29, 0.717) is 13.1 Å². The molecule has 1 aromatic rings. The summed E-state index contributed by atoms with van der Waals surface area (Å²) in [5.74, 6) is 0.00703. The van der Waals surface area contributed by atoms with E-state index in [1.165, 1.54) is 0 Å². The fourth-order valence-corrected chi connectivity index (χ4v) is 2.10. The smallest absolute Gasteiger partial charge is 0.239 e. The van der Waals surface area contributed by atoms with Gasteiger partial charge in [-0.2, -0.15) is 0 Å². The third kappa shape index (κ3) is 4.21. The number of hydrogen-bond donors (Lipinski definition) is 2. The molecular weight excluding hydrogens is 240 g/mol. The molecular formula is C14H24N4O. The summed E-state index contributed by atoms with van der Waals surface area (Å²) in [4.78, 5) is 18.1. The molecule has 19 heavy (non-hydrogen) atoms. The Morgan fingerprint density at radius 1 is 1.47 bits per heavy atom. The lowest BCUT2D eigenvalue weighted by molar-refractivity contribution is -0.120. The molecule has 0 atom stereocenters. The van der Waals surface area contributed by atoms with E-state index in [1.54, 1.807) is 0 Å². The van der Waals surface area contributed by atoms with Crippen LogP contribution in [0.15, 0.2) is 6.07 Å². The average molecular weight is 264 g/mol. The van der Waals surface area contributed by atoms with E-state index in [9.17, 15) is 4.79 Å². The Labute approximate surface area is 115 Å². The van der Waals surface area contributed by atoms with Gasteiger partial charge in [0.15, 0.2) is 0 Å². The first-order valence-corrected chi connectivity index (χ1v) is 6.52. The number of aromatic nitrogens is 1. The van der Waals surface area contributed by atoms with Crippen molar-refractivity contribution in [3.8, 4) is 0 Å². The van der Waals surface area contributed by atoms with Crippen molar-refractivity contribution in [2.45, 2.75) is 40.3 Å². The average Bonchev–Trinajstić information content (AvgIpc) is 2.26. The Morgan fingerprint density at radius 2 is 2.11 bits per heavy atom. The van der Waals surface area contributed by atoms with Crippen LogP contribution in [0.2, 0.25) is 0 Å². The molecule has 3 N–H and O–H groups in total. The Kier molecular flexibility index (Phi) is 5.30. The second-order valence-electron chi connectivity index (χ2n) is 5.13. The van der Waals surface area contributed by atoms with Gasteiger partial charge in [-0.1, -0.05) is 0 Å². The van der Waals surface area contributed by atoms with Crippen LogP contribution in [-0.4, -0.2) is 30.5 Å². The van der Waals surface area contributed by atoms with Crippen molar-refractivity contribution in [3.63, 3.8) is 0 Å². The van der Waals surface area contributed by atoms with Crippen LogP contribution in [-0.2, 0) is 11.3 Å². The second-order valence-corrected chi connectivity index (χ2v) is 5.13. The van der Waals surface area contributed by atoms with Crippen molar-refractivity contribution in [2.75, 3.05) is 18.5 Å². The van der Waals surface area contributed by atoms with Gasteiger partial charge in [0.25, 0.3) is 0 Å². The van der Waals surface area contributed by atoms with Gasteiger partial charge in [0.1, 0.15) is 0 Å². The summed E-state index contributed by atoms with van der Waals surface area (Å²) in [6.07, 6.45) is 0. The van der Waals surface area contributed by atoms with E-state index in [0.717, 1.165) is 22.6 Å². The first kappa shape index (κ1) is 15.4. The Hall–Kier alpha value is -1.62. The molecule has 0 spiro atoms. The molecule has 0 aliphatic rings. The van der Waals surface area contributed by atoms with Gasteiger partial charge in [0.2, 0.25) is 5.91 Å². The number of hydrogen-bond acceptors (Lipinski definition) is 4. The number of anilines is 1. The van der Waals surface area contributed by atoms with E-state index in [-0.39, 0.29) is 11.9 Å². The Morgan fingerprint density at radius 3 is 2.63 bits per heavy atom. The second kappa shape index (κ2) is 6.52. The van der Waals surface area contributed by atoms with Crippen LogP contribution in [0, 0.1) is 13.8 Å². The molecule has 0 aliphatic carbocycles. The van der Waals surface area contributed by atoms with Crippen molar-refractivity contribution in [1.82, 2.24) is 10.3 Å². The van der Waals surface area contributed by atoms with Crippen LogP contribution in [0.1, 0.15) is 30.8 Å². The largest absolute Gasteiger partial charge is 0.365 e. The van der Waals surface area contributed by atoms with Gasteiger partial charge >= 0.3 is 0 Å². The number of rotatable bonds is 5. The van der Waals surface area contributed by atoms with E-state index in [1.807, 2.05) is 45.7 Å². The summed E-state index contributed by atoms with van der Waals surface area (Å²) in [6.45, 7) is 8.52. The van der Waals surface area contributed by atoms with Gasteiger partial charge in [0.05, 0.1) is 6.54 Å². The lowest BCUT2D eigenvalue weighted by Gasteiger charge is -2.23. The van der Waals surface area contributed by atoms with Crippen LogP contribution < -0.4 is 16.0 Å². The minimum absolute atomic E-state index is 0.00703. The standard InChI is InChI=1S/C14H24N4O/c1-9(2)16-14(19)8-18(5)13-6-10(3)17-11(4)12(13)7-15/h6,9H,7-8,15H2,1-5H3,(H,16,19). The molecule has 0 aromatic carbocycles. The molecule has 5 nitrogen and oxygen atoms in total. The van der Waals surface area contributed by atoms with E-state index < -0.39 is 0 Å². The number of nitrogens with one attached hydrogen (secondary N) is 1. The molecule has 1 aromatic heterocycles. The molecule has 0 unspecified atom stereocenters. The monoisotopic (exact) mass is 264 g/mol. The van der Waals surface area contributed by atoms with Crippen LogP contribution in [0.3, 0.4) is 0 Å². The number of carbonyl (C=O) groups is 1. The number of pyridine rings is 1. The van der Waals surface area contributed by atoms with Crippen LogP contribution >= 0.6 is 0 Å². The predicted octanol–water partition coefficient (Wildman–Crippen LogP) is 1.12. The fraction of sp³-hybridized carbons (Fsp3) is 0.571. The van der Waals surface area contributed by atoms with E-state index >= 15 is 0 Å². The Bertz CT molecular complexity index is 457. The topological polar surface area (TPSA) is 71.2 Å². The van der Waals surface area contributed by atoms with Crippen LogP contribution in [0.4, 0.5) is 5.69 Å². The summed E-state index contributed by atoms with van der Waals surface area (Å²) < 4.78 is 0. The molecule has 0 radical (unpaired) electrons. The third-order valence-corrected chi connectivity index (χ3v) is 2.88. The quantitative estimate of drug-likeness (QED) is 0.836. The number of nitrogens with zero attached hydrogens (tertiary/aromatic N) is 2. The molecule has 5 heteroatoms. The molecule has 1 heterocycles. The highest BCUT2D eigenvalue weighted by Crippen LogP contribution is 2.22. The highest BCUT2D eigenvalue weighted by atomic mass is 16.2. The predicted molar refractivity (Wildman–Crippen MR) is 78.2 cm³/mol. The normalized spacial score (nSPS) is 10.7. The summed E-state index contributed by atoms with van der Waals surface area (Å²) in [6, 6.07) is 2.12. The van der Waals surface area contributed by atoms with Gasteiger partial charge in [-0.25, -0.2) is 0 Å². The highest BCUT2D eigenvalue weighted by Gasteiger charge is 2.14. The number of aryl methyl sites for hydroxylation is 2. The zero-order valence-electron chi connectivity index (χ0n) is 12.4. The minimum Gasteiger partial charge on any atom is -0.365 e. The molecule has 0 bridgehead atoms. The van der Waals surface area contributed by atoms with Gasteiger partial charge in [-0.15, -0.1) is 0 Å². The molecule has 0 aliphatic heterocycles. The molecule has 0 fully saturated rings. The first-order chi connectivity index (χ1) is 8.85. The Balaban J connectivity index is 2.93. The lowest BCUT2D eigenvalue weighted by atomic mass is 10.1. The SMILES string of the molecule is Cc1cc(N(C)CC(=O)NC(C)C)c(CN)c(C)n1. The minimum atomic E-state index is 0.00703. The number of likely N-dealkylation sites (N-methyl/N-ethyl adjacent to an activating group) is 1. The maximum Gasteiger partial charge on any atom is 0.239 e. The van der Waals surface area contributed by atoms with Gasteiger partial charge < -0.3 is 16.0 Å². The molecule has 106 valence electrons. The van der Waals surface area contributed by atoms with Crippen LogP contribution in [0.25, 0.3) is 0 Å². The van der Waals surface area contributed by atoms with Crippen molar-refractivity contribution in [2.24, 2.45) is 5.73 Å². The molecule has 0 saturated carbocycles. The maximum atomic E-state index is 11.8. The maximum absolute atomic E-state index is 11.8. The van der Waals surface area contributed by atoms with Crippen molar-refractivity contribution >= 4 is 11.6 Å². The molecule has 1 amide bonds. The first-order valence-electron chi connectivity index (χ1n) is 6.52. The summed E-state index contributed by atoms with van der Waals surface area (Å²) in [5.41, 5.74) is 9.61.